The summed E-state index contributed by atoms with van der Waals surface area (Å²) in [4.78, 5) is 28.5. The zero-order valence-corrected chi connectivity index (χ0v) is 33.9. The van der Waals surface area contributed by atoms with Gasteiger partial charge in [0, 0.05) is 0 Å². The lowest BCUT2D eigenvalue weighted by molar-refractivity contribution is -0.209. The fourth-order valence-corrected chi connectivity index (χ4v) is 10.1. The Hall–Kier alpha value is -5.64. The Balaban J connectivity index is 0.000000232. The molecule has 61 heavy (non-hydrogen) atoms. The van der Waals surface area contributed by atoms with E-state index in [4.69, 9.17) is 0 Å². The molecule has 6 rings (SSSR count). The Morgan fingerprint density at radius 1 is 0.410 bits per heavy atom. The summed E-state index contributed by atoms with van der Waals surface area (Å²) < 4.78 is 152. The Labute approximate surface area is 351 Å². The van der Waals surface area contributed by atoms with Crippen LogP contribution in [0.5, 0.6) is 11.5 Å². The van der Waals surface area contributed by atoms with Crippen LogP contribution in [0.3, 0.4) is 0 Å². The van der Waals surface area contributed by atoms with Crippen molar-refractivity contribution in [1.82, 2.24) is 0 Å². The normalized spacial score (nSPS) is 13.1. The molecule has 0 aliphatic carbocycles. The monoisotopic (exact) mass is 922 g/mol. The molecule has 318 valence electrons. The lowest BCUT2D eigenvalue weighted by Gasteiger charge is -2.27. The molecule has 0 aliphatic rings. The van der Waals surface area contributed by atoms with Crippen LogP contribution in [0.25, 0.3) is 0 Å². The van der Waals surface area contributed by atoms with Gasteiger partial charge in [0.15, 0.2) is 49.6 Å². The van der Waals surface area contributed by atoms with Crippen LogP contribution < -0.4 is 9.47 Å². The quantitative estimate of drug-likeness (QED) is 0.0383. The molecule has 10 nitrogen and oxygen atoms in total. The maximum Gasteiger partial charge on any atom is 0.447 e. The first-order valence-electron chi connectivity index (χ1n) is 17.0. The van der Waals surface area contributed by atoms with Crippen molar-refractivity contribution in [3.8, 4) is 11.5 Å². The van der Waals surface area contributed by atoms with Gasteiger partial charge >= 0.3 is 28.4 Å². The van der Waals surface area contributed by atoms with Gasteiger partial charge in [-0.25, -0.2) is 30.8 Å². The van der Waals surface area contributed by atoms with E-state index in [0.29, 0.717) is 4.90 Å². The van der Waals surface area contributed by atoms with Crippen molar-refractivity contribution in [2.75, 3.05) is 0 Å². The van der Waals surface area contributed by atoms with Crippen molar-refractivity contribution < 1.29 is 71.3 Å². The molecule has 0 saturated heterocycles. The zero-order chi connectivity index (χ0) is 44.6. The third kappa shape index (κ3) is 10.8. The van der Waals surface area contributed by atoms with Gasteiger partial charge in [-0.3, -0.25) is 0 Å². The fraction of sp³-hybridized carbons (Fsp3) is 0.0732. The average molecular weight is 923 g/mol. The largest absolute Gasteiger partial charge is 0.745 e. The highest BCUT2D eigenvalue weighted by Gasteiger charge is 2.69. The van der Waals surface area contributed by atoms with Crippen LogP contribution in [0, 0.1) is 0 Å². The van der Waals surface area contributed by atoms with Gasteiger partial charge in [-0.1, -0.05) is 72.8 Å². The van der Waals surface area contributed by atoms with Gasteiger partial charge in [-0.2, -0.15) is 22.0 Å². The van der Waals surface area contributed by atoms with E-state index in [1.807, 2.05) is 121 Å². The van der Waals surface area contributed by atoms with Crippen molar-refractivity contribution in [3.05, 3.63) is 170 Å². The molecule has 6 aromatic carbocycles. The van der Waals surface area contributed by atoms with Crippen LogP contribution in [0.2, 0.25) is 0 Å². The van der Waals surface area contributed by atoms with Gasteiger partial charge in [0.2, 0.25) is 0 Å². The number of benzene rings is 6. The summed E-state index contributed by atoms with van der Waals surface area (Å²) in [7, 11) is -14.0. The summed E-state index contributed by atoms with van der Waals surface area (Å²) in [5.74, 6) is -6.17. The van der Waals surface area contributed by atoms with E-state index in [-0.39, 0.29) is 5.75 Å². The Morgan fingerprint density at radius 3 is 0.918 bits per heavy atom. The molecule has 0 aliphatic heterocycles. The minimum Gasteiger partial charge on any atom is -0.745 e. The Morgan fingerprint density at radius 2 is 0.672 bits per heavy atom. The standard InChI is InChI=1S/C21H14F4O5S2.C20H14F2O5S2/c22-20(21(23,24)25,32(27,28)29)19(26)30-15-11-13-18(14-12-15)31(16-7-3-1-4-8-16)17-9-5-2-6-10-17;21-20(22,29(24,25)26)19(23)27-15-11-13-18(14-12-15)28(16-7-3-1-4-8-16)17-9-5-2-6-10-17/h1-14H;1-14H. The molecule has 1 atom stereocenters. The third-order valence-corrected chi connectivity index (χ3v) is 14.3. The molecule has 0 bridgehead atoms. The summed E-state index contributed by atoms with van der Waals surface area (Å²) in [5.41, 5.74) is 0. The van der Waals surface area contributed by atoms with Crippen molar-refractivity contribution in [2.45, 2.75) is 45.8 Å². The van der Waals surface area contributed by atoms with E-state index >= 15 is 0 Å². The highest BCUT2D eigenvalue weighted by atomic mass is 32.2. The van der Waals surface area contributed by atoms with E-state index in [2.05, 4.69) is 9.47 Å². The summed E-state index contributed by atoms with van der Waals surface area (Å²) >= 11 is 0. The van der Waals surface area contributed by atoms with Crippen LogP contribution in [0.4, 0.5) is 26.3 Å². The first-order valence-corrected chi connectivity index (χ1v) is 22.3. The molecule has 1 unspecified atom stereocenters. The second-order valence-corrected chi connectivity index (χ2v) is 19.0. The maximum absolute atomic E-state index is 14.0. The van der Waals surface area contributed by atoms with Gasteiger partial charge in [0.05, 0.1) is 21.8 Å². The summed E-state index contributed by atoms with van der Waals surface area (Å²) in [6, 6.07) is 48.7. The van der Waals surface area contributed by atoms with Crippen LogP contribution >= 0.6 is 0 Å². The second-order valence-electron chi connectivity index (χ2n) is 12.1. The molecule has 0 aromatic heterocycles. The fourth-order valence-electron chi connectivity index (χ4n) is 5.13. The van der Waals surface area contributed by atoms with Gasteiger partial charge in [-0.05, 0) is 97.1 Å². The van der Waals surface area contributed by atoms with Crippen LogP contribution in [-0.4, -0.2) is 54.3 Å². The summed E-state index contributed by atoms with van der Waals surface area (Å²) in [5, 5.41) is -10.9. The smallest absolute Gasteiger partial charge is 0.447 e. The molecular weight excluding hydrogens is 895 g/mol. The van der Waals surface area contributed by atoms with Crippen molar-refractivity contribution in [2.24, 2.45) is 0 Å². The first-order chi connectivity index (χ1) is 28.6. The lowest BCUT2D eigenvalue weighted by Crippen LogP contribution is -2.56. The highest BCUT2D eigenvalue weighted by molar-refractivity contribution is 7.97. The molecule has 20 heteroatoms. The molecule has 0 N–H and O–H groups in total. The minimum absolute atomic E-state index is 0.299. The van der Waals surface area contributed by atoms with Crippen molar-refractivity contribution in [1.29, 1.82) is 0 Å². The number of hydrogen-bond acceptors (Lipinski definition) is 10. The predicted molar refractivity (Wildman–Crippen MR) is 208 cm³/mol. The number of ether oxygens (including phenoxy) is 2. The predicted octanol–water partition coefficient (Wildman–Crippen LogP) is 8.29. The Bertz CT molecular complexity index is 2570. The first kappa shape index (κ1) is 46.4. The van der Waals surface area contributed by atoms with E-state index in [1.165, 1.54) is 24.3 Å². The van der Waals surface area contributed by atoms with Crippen LogP contribution in [0.1, 0.15) is 0 Å². The van der Waals surface area contributed by atoms with E-state index < -0.39 is 76.1 Å². The lowest BCUT2D eigenvalue weighted by atomic mass is 10.3. The summed E-state index contributed by atoms with van der Waals surface area (Å²) in [6.07, 6.45) is -6.31. The number of alkyl halides is 6. The number of halogens is 6. The molecule has 0 radical (unpaired) electrons. The average Bonchev–Trinajstić information content (AvgIpc) is 3.22. The highest BCUT2D eigenvalue weighted by Crippen LogP contribution is 2.40. The van der Waals surface area contributed by atoms with Crippen LogP contribution in [-0.2, 0) is 51.6 Å². The minimum atomic E-state index is -6.75. The molecular formula is C41H28F6O10S4. The maximum atomic E-state index is 14.0. The molecule has 0 saturated carbocycles. The zero-order valence-electron chi connectivity index (χ0n) is 30.6. The number of hydrogen-bond donors (Lipinski definition) is 0. The van der Waals surface area contributed by atoms with Gasteiger partial charge in [0.1, 0.15) is 11.5 Å². The third-order valence-electron chi connectivity index (χ3n) is 7.98. The molecule has 0 amide bonds. The molecule has 0 spiro atoms. The number of carbonyl (C=O) groups is 2. The van der Waals surface area contributed by atoms with Gasteiger partial charge in [0.25, 0.3) is 0 Å². The molecule has 0 heterocycles. The number of esters is 2. The van der Waals surface area contributed by atoms with Gasteiger partial charge < -0.3 is 18.6 Å². The van der Waals surface area contributed by atoms with Gasteiger partial charge in [-0.15, -0.1) is 0 Å². The van der Waals surface area contributed by atoms with Crippen molar-refractivity contribution in [3.63, 3.8) is 0 Å². The number of rotatable bonds is 12. The Kier molecular flexibility index (Phi) is 14.4. The number of carbonyl (C=O) groups excluding carboxylic acids is 2. The second kappa shape index (κ2) is 19.0. The van der Waals surface area contributed by atoms with E-state index in [1.54, 1.807) is 12.1 Å². The van der Waals surface area contributed by atoms with E-state index in [9.17, 15) is 61.9 Å². The SMILES string of the molecule is O=C(Oc1ccc([S+](c2ccccc2)c2ccccc2)cc1)C(F)(C(F)(F)F)S(=O)(=O)[O-].O=C(Oc1ccc([S+](c2ccccc2)c2ccccc2)cc1)C(F)(F)S(=O)(=O)[O-]. The molecule has 6 aromatic rings. The van der Waals surface area contributed by atoms with E-state index in [0.717, 1.165) is 36.6 Å². The molecule has 0 fully saturated rings. The topological polar surface area (TPSA) is 167 Å². The van der Waals surface area contributed by atoms with Crippen molar-refractivity contribution >= 4 is 54.0 Å². The van der Waals surface area contributed by atoms with Crippen LogP contribution in [0.15, 0.2) is 199 Å². The summed E-state index contributed by atoms with van der Waals surface area (Å²) in [6.45, 7) is 0.